The Kier molecular flexibility index (Phi) is 2.89. The van der Waals surface area contributed by atoms with Crippen LogP contribution in [0.5, 0.6) is 0 Å². The molecule has 1 aliphatic rings. The van der Waals surface area contributed by atoms with Crippen LogP contribution in [0.15, 0.2) is 24.5 Å². The number of amides is 1. The average Bonchev–Trinajstić information content (AvgIpc) is 2.58. The zero-order chi connectivity index (χ0) is 14.3. The van der Waals surface area contributed by atoms with Gasteiger partial charge in [0.25, 0.3) is 5.91 Å². The molecule has 0 spiro atoms. The molecule has 0 bridgehead atoms. The van der Waals surface area contributed by atoms with E-state index in [4.69, 9.17) is 0 Å². The lowest BCUT2D eigenvalue weighted by Gasteiger charge is -2.22. The summed E-state index contributed by atoms with van der Waals surface area (Å²) in [5.41, 5.74) is 3.44. The maximum Gasteiger partial charge on any atom is 0.259 e. The fourth-order valence-electron chi connectivity index (χ4n) is 2.41. The molecule has 5 heteroatoms. The SMILES string of the molecule is CCN1c2ncccc2C(=O)Nc2c1ncc(C)c2C. The number of fused-ring (bicyclic) bond motifs is 2. The van der Waals surface area contributed by atoms with Crippen molar-refractivity contribution in [3.8, 4) is 0 Å². The third-order valence-corrected chi connectivity index (χ3v) is 3.67. The van der Waals surface area contributed by atoms with E-state index in [9.17, 15) is 4.79 Å². The van der Waals surface area contributed by atoms with E-state index >= 15 is 0 Å². The Bertz CT molecular complexity index is 696. The number of nitrogens with zero attached hydrogens (tertiary/aromatic N) is 3. The van der Waals surface area contributed by atoms with Crippen LogP contribution in [0.4, 0.5) is 17.3 Å². The van der Waals surface area contributed by atoms with E-state index < -0.39 is 0 Å². The highest BCUT2D eigenvalue weighted by atomic mass is 16.1. The van der Waals surface area contributed by atoms with Gasteiger partial charge >= 0.3 is 0 Å². The van der Waals surface area contributed by atoms with Crippen LogP contribution in [-0.4, -0.2) is 22.4 Å². The number of hydrogen-bond donors (Lipinski definition) is 1. The predicted molar refractivity (Wildman–Crippen MR) is 78.6 cm³/mol. The van der Waals surface area contributed by atoms with Crippen LogP contribution in [0.1, 0.15) is 28.4 Å². The first-order chi connectivity index (χ1) is 9.63. The normalized spacial score (nSPS) is 13.3. The summed E-state index contributed by atoms with van der Waals surface area (Å²) in [5, 5.41) is 2.97. The molecule has 20 heavy (non-hydrogen) atoms. The maximum absolute atomic E-state index is 12.4. The van der Waals surface area contributed by atoms with Crippen molar-refractivity contribution in [2.24, 2.45) is 0 Å². The van der Waals surface area contributed by atoms with Crippen LogP contribution in [0.25, 0.3) is 0 Å². The monoisotopic (exact) mass is 268 g/mol. The third kappa shape index (κ3) is 1.74. The number of carbonyl (C=O) groups is 1. The number of hydrogen-bond acceptors (Lipinski definition) is 4. The summed E-state index contributed by atoms with van der Waals surface area (Å²) in [6.07, 6.45) is 3.53. The van der Waals surface area contributed by atoms with Crippen molar-refractivity contribution in [3.63, 3.8) is 0 Å². The second kappa shape index (κ2) is 4.59. The van der Waals surface area contributed by atoms with E-state index in [1.54, 1.807) is 18.3 Å². The minimum atomic E-state index is -0.138. The van der Waals surface area contributed by atoms with Crippen LogP contribution >= 0.6 is 0 Å². The number of pyridine rings is 2. The maximum atomic E-state index is 12.4. The highest BCUT2D eigenvalue weighted by Crippen LogP contribution is 2.37. The molecule has 102 valence electrons. The molecular weight excluding hydrogens is 252 g/mol. The fourth-order valence-corrected chi connectivity index (χ4v) is 2.41. The number of anilines is 3. The van der Waals surface area contributed by atoms with Gasteiger partial charge in [-0.1, -0.05) is 0 Å². The second-order valence-electron chi connectivity index (χ2n) is 4.84. The Morgan fingerprint density at radius 2 is 2.05 bits per heavy atom. The lowest BCUT2D eigenvalue weighted by Crippen LogP contribution is -2.19. The Morgan fingerprint density at radius 1 is 1.25 bits per heavy atom. The van der Waals surface area contributed by atoms with Gasteiger partial charge in [0.05, 0.1) is 11.3 Å². The van der Waals surface area contributed by atoms with Crippen molar-refractivity contribution in [1.29, 1.82) is 0 Å². The van der Waals surface area contributed by atoms with Crippen LogP contribution < -0.4 is 10.2 Å². The fraction of sp³-hybridized carbons (Fsp3) is 0.267. The van der Waals surface area contributed by atoms with Crippen molar-refractivity contribution in [2.45, 2.75) is 20.8 Å². The van der Waals surface area contributed by atoms with Crippen molar-refractivity contribution in [1.82, 2.24) is 9.97 Å². The lowest BCUT2D eigenvalue weighted by molar-refractivity contribution is 0.102. The topological polar surface area (TPSA) is 58.1 Å². The van der Waals surface area contributed by atoms with E-state index in [-0.39, 0.29) is 5.91 Å². The van der Waals surface area contributed by atoms with Gasteiger partial charge in [0.15, 0.2) is 5.82 Å². The molecular formula is C15H16N4O. The summed E-state index contributed by atoms with van der Waals surface area (Å²) in [4.78, 5) is 23.2. The van der Waals surface area contributed by atoms with Gasteiger partial charge in [-0.25, -0.2) is 9.97 Å². The highest BCUT2D eigenvalue weighted by molar-refractivity contribution is 6.11. The van der Waals surface area contributed by atoms with Gasteiger partial charge in [0, 0.05) is 18.9 Å². The summed E-state index contributed by atoms with van der Waals surface area (Å²) in [6.45, 7) is 6.70. The molecule has 5 nitrogen and oxygen atoms in total. The van der Waals surface area contributed by atoms with E-state index in [2.05, 4.69) is 15.3 Å². The molecule has 0 saturated heterocycles. The van der Waals surface area contributed by atoms with E-state index in [1.807, 2.05) is 31.9 Å². The van der Waals surface area contributed by atoms with Crippen LogP contribution in [0, 0.1) is 13.8 Å². The van der Waals surface area contributed by atoms with Crippen molar-refractivity contribution >= 4 is 23.2 Å². The molecule has 0 atom stereocenters. The number of carbonyl (C=O) groups excluding carboxylic acids is 1. The van der Waals surface area contributed by atoms with Crippen LogP contribution in [0.3, 0.4) is 0 Å². The molecule has 3 heterocycles. The molecule has 0 aliphatic carbocycles. The third-order valence-electron chi connectivity index (χ3n) is 3.67. The largest absolute Gasteiger partial charge is 0.318 e. The first-order valence-corrected chi connectivity index (χ1v) is 6.63. The molecule has 0 radical (unpaired) electrons. The van der Waals surface area contributed by atoms with Gasteiger partial charge in [-0.3, -0.25) is 4.79 Å². The lowest BCUT2D eigenvalue weighted by atomic mass is 10.1. The molecule has 0 saturated carbocycles. The molecule has 3 rings (SSSR count). The van der Waals surface area contributed by atoms with Gasteiger partial charge in [0.2, 0.25) is 0 Å². The first-order valence-electron chi connectivity index (χ1n) is 6.63. The zero-order valence-corrected chi connectivity index (χ0v) is 11.8. The van der Waals surface area contributed by atoms with E-state index in [0.29, 0.717) is 17.9 Å². The molecule has 1 amide bonds. The molecule has 1 N–H and O–H groups in total. The van der Waals surface area contributed by atoms with E-state index in [0.717, 1.165) is 22.6 Å². The van der Waals surface area contributed by atoms with Crippen molar-refractivity contribution in [2.75, 3.05) is 16.8 Å². The summed E-state index contributed by atoms with van der Waals surface area (Å²) in [5.74, 6) is 1.27. The average molecular weight is 268 g/mol. The van der Waals surface area contributed by atoms with Gasteiger partial charge in [0.1, 0.15) is 5.82 Å². The summed E-state index contributed by atoms with van der Waals surface area (Å²) in [7, 11) is 0. The Hall–Kier alpha value is -2.43. The minimum Gasteiger partial charge on any atom is -0.318 e. The van der Waals surface area contributed by atoms with E-state index in [1.165, 1.54) is 0 Å². The quantitative estimate of drug-likeness (QED) is 0.864. The summed E-state index contributed by atoms with van der Waals surface area (Å²) in [6, 6.07) is 3.56. The van der Waals surface area contributed by atoms with Crippen LogP contribution in [0.2, 0.25) is 0 Å². The zero-order valence-electron chi connectivity index (χ0n) is 11.8. The van der Waals surface area contributed by atoms with Gasteiger partial charge in [-0.2, -0.15) is 0 Å². The van der Waals surface area contributed by atoms with Crippen LogP contribution in [-0.2, 0) is 0 Å². The van der Waals surface area contributed by atoms with Crippen molar-refractivity contribution < 1.29 is 4.79 Å². The van der Waals surface area contributed by atoms with Gasteiger partial charge in [-0.15, -0.1) is 0 Å². The number of aryl methyl sites for hydroxylation is 1. The molecule has 1 aliphatic heterocycles. The number of aromatic nitrogens is 2. The molecule has 0 fully saturated rings. The smallest absolute Gasteiger partial charge is 0.259 e. The van der Waals surface area contributed by atoms with Gasteiger partial charge in [-0.05, 0) is 44.0 Å². The molecule has 2 aromatic heterocycles. The van der Waals surface area contributed by atoms with Crippen molar-refractivity contribution in [3.05, 3.63) is 41.2 Å². The number of rotatable bonds is 1. The second-order valence-corrected chi connectivity index (χ2v) is 4.84. The van der Waals surface area contributed by atoms with Gasteiger partial charge < -0.3 is 10.2 Å². The molecule has 0 unspecified atom stereocenters. The Labute approximate surface area is 117 Å². The first kappa shape index (κ1) is 12.6. The number of nitrogens with one attached hydrogen (secondary N) is 1. The molecule has 2 aromatic rings. The molecule has 0 aromatic carbocycles. The summed E-state index contributed by atoms with van der Waals surface area (Å²) < 4.78 is 0. The predicted octanol–water partition coefficient (Wildman–Crippen LogP) is 2.82. The highest BCUT2D eigenvalue weighted by Gasteiger charge is 2.27. The Morgan fingerprint density at radius 3 is 2.80 bits per heavy atom. The standard InChI is InChI=1S/C15H16N4O/c1-4-19-13-11(6-5-7-16-13)15(20)18-12-10(3)9(2)8-17-14(12)19/h5-8H,4H2,1-3H3,(H,18,20). The summed E-state index contributed by atoms with van der Waals surface area (Å²) >= 11 is 0. The minimum absolute atomic E-state index is 0.138. The Balaban J connectivity index is 2.30.